The summed E-state index contributed by atoms with van der Waals surface area (Å²) in [4.78, 5) is 0. The highest BCUT2D eigenvalue weighted by Crippen LogP contribution is 2.29. The average Bonchev–Trinajstić information content (AvgIpc) is 2.80. The van der Waals surface area contributed by atoms with E-state index in [1.54, 1.807) is 0 Å². The van der Waals surface area contributed by atoms with Crippen LogP contribution in [0.15, 0.2) is 18.2 Å². The van der Waals surface area contributed by atoms with Gasteiger partial charge in [0.05, 0.1) is 11.4 Å². The lowest BCUT2D eigenvalue weighted by Crippen LogP contribution is -2.04. The number of benzene rings is 1. The maximum Gasteiger partial charge on any atom is 0.130 e. The average molecular weight is 227 g/mol. The van der Waals surface area contributed by atoms with E-state index in [9.17, 15) is 0 Å². The van der Waals surface area contributed by atoms with Crippen molar-refractivity contribution in [3.05, 3.63) is 40.6 Å². The summed E-state index contributed by atoms with van der Waals surface area (Å²) >= 11 is 0. The highest BCUT2D eigenvalue weighted by molar-refractivity contribution is 5.52. The molecule has 3 heteroatoms. The van der Waals surface area contributed by atoms with Crippen molar-refractivity contribution in [3.8, 4) is 5.69 Å². The Morgan fingerprint density at radius 3 is 2.47 bits per heavy atom. The lowest BCUT2D eigenvalue weighted by Gasteiger charge is -2.07. The van der Waals surface area contributed by atoms with Crippen LogP contribution in [-0.4, -0.2) is 9.78 Å². The van der Waals surface area contributed by atoms with Crippen LogP contribution in [-0.2, 0) is 12.8 Å². The molecule has 17 heavy (non-hydrogen) atoms. The number of nitrogen functional groups attached to an aromatic ring is 1. The van der Waals surface area contributed by atoms with E-state index in [2.05, 4.69) is 37.1 Å². The number of hydrogen-bond acceptors (Lipinski definition) is 2. The minimum Gasteiger partial charge on any atom is -0.383 e. The summed E-state index contributed by atoms with van der Waals surface area (Å²) in [6.45, 7) is 4.20. The van der Waals surface area contributed by atoms with E-state index in [4.69, 9.17) is 5.73 Å². The van der Waals surface area contributed by atoms with E-state index in [0.717, 1.165) is 24.3 Å². The first kappa shape index (κ1) is 10.4. The number of anilines is 1. The molecule has 0 amide bonds. The van der Waals surface area contributed by atoms with Gasteiger partial charge >= 0.3 is 0 Å². The molecule has 0 radical (unpaired) electrons. The van der Waals surface area contributed by atoms with Gasteiger partial charge in [-0.3, -0.25) is 0 Å². The predicted molar refractivity (Wildman–Crippen MR) is 69.5 cm³/mol. The van der Waals surface area contributed by atoms with Gasteiger partial charge in [-0.25, -0.2) is 4.68 Å². The molecule has 1 heterocycles. The second-order valence-corrected chi connectivity index (χ2v) is 4.92. The Hall–Kier alpha value is -1.77. The summed E-state index contributed by atoms with van der Waals surface area (Å²) in [5.74, 6) is 0.822. The third kappa shape index (κ3) is 1.62. The summed E-state index contributed by atoms with van der Waals surface area (Å²) in [6, 6.07) is 6.42. The van der Waals surface area contributed by atoms with Crippen LogP contribution in [0.5, 0.6) is 0 Å². The minimum absolute atomic E-state index is 0.822. The fourth-order valence-electron chi connectivity index (χ4n) is 2.69. The summed E-state index contributed by atoms with van der Waals surface area (Å²) < 4.78 is 1.89. The molecule has 0 atom stereocenters. The molecule has 3 rings (SSSR count). The number of fused-ring (bicyclic) bond motifs is 1. The Morgan fingerprint density at radius 1 is 1.12 bits per heavy atom. The first-order valence-electron chi connectivity index (χ1n) is 6.10. The van der Waals surface area contributed by atoms with Crippen LogP contribution < -0.4 is 5.73 Å². The van der Waals surface area contributed by atoms with Crippen molar-refractivity contribution in [1.29, 1.82) is 0 Å². The Balaban J connectivity index is 2.15. The van der Waals surface area contributed by atoms with Crippen molar-refractivity contribution < 1.29 is 0 Å². The Kier molecular flexibility index (Phi) is 2.21. The molecule has 1 aliphatic rings. The van der Waals surface area contributed by atoms with Gasteiger partial charge in [-0.2, -0.15) is 5.10 Å². The first-order valence-corrected chi connectivity index (χ1v) is 6.10. The zero-order valence-corrected chi connectivity index (χ0v) is 10.3. The van der Waals surface area contributed by atoms with Crippen LogP contribution in [0.1, 0.15) is 28.8 Å². The fraction of sp³-hybridized carbons (Fsp3) is 0.357. The third-order valence-electron chi connectivity index (χ3n) is 3.40. The molecule has 88 valence electrons. The van der Waals surface area contributed by atoms with Gasteiger partial charge in [0.2, 0.25) is 0 Å². The molecule has 0 saturated heterocycles. The molecule has 0 spiro atoms. The number of aromatic nitrogens is 2. The third-order valence-corrected chi connectivity index (χ3v) is 3.40. The number of rotatable bonds is 1. The first-order chi connectivity index (χ1) is 8.15. The highest BCUT2D eigenvalue weighted by atomic mass is 15.3. The summed E-state index contributed by atoms with van der Waals surface area (Å²) in [6.07, 6.45) is 3.33. The largest absolute Gasteiger partial charge is 0.383 e. The lowest BCUT2D eigenvalue weighted by molar-refractivity contribution is 0.807. The van der Waals surface area contributed by atoms with Gasteiger partial charge in [-0.1, -0.05) is 6.07 Å². The minimum atomic E-state index is 0.822. The smallest absolute Gasteiger partial charge is 0.130 e. The monoisotopic (exact) mass is 227 g/mol. The van der Waals surface area contributed by atoms with E-state index < -0.39 is 0 Å². The fourth-order valence-corrected chi connectivity index (χ4v) is 2.69. The topological polar surface area (TPSA) is 43.8 Å². The SMILES string of the molecule is Cc1cc(C)cc(-n2nc3c(c2N)CCC3)c1. The lowest BCUT2D eigenvalue weighted by atomic mass is 10.1. The van der Waals surface area contributed by atoms with E-state index in [0.29, 0.717) is 0 Å². The Bertz CT molecular complexity index is 561. The zero-order valence-electron chi connectivity index (χ0n) is 10.3. The van der Waals surface area contributed by atoms with Crippen LogP contribution in [0, 0.1) is 13.8 Å². The van der Waals surface area contributed by atoms with Crippen molar-refractivity contribution in [2.45, 2.75) is 33.1 Å². The van der Waals surface area contributed by atoms with Crippen molar-refractivity contribution in [2.24, 2.45) is 0 Å². The van der Waals surface area contributed by atoms with E-state index in [1.165, 1.54) is 28.8 Å². The summed E-state index contributed by atoms with van der Waals surface area (Å²) in [5, 5.41) is 4.63. The van der Waals surface area contributed by atoms with Gasteiger partial charge in [0, 0.05) is 5.56 Å². The molecule has 0 bridgehead atoms. The molecular formula is C14H17N3. The van der Waals surface area contributed by atoms with Crippen molar-refractivity contribution in [3.63, 3.8) is 0 Å². The second-order valence-electron chi connectivity index (χ2n) is 4.92. The number of hydrogen-bond donors (Lipinski definition) is 1. The molecule has 3 nitrogen and oxygen atoms in total. The Morgan fingerprint density at radius 2 is 1.82 bits per heavy atom. The molecule has 1 aliphatic carbocycles. The molecule has 1 aromatic heterocycles. The van der Waals surface area contributed by atoms with Gasteiger partial charge in [-0.05, 0) is 56.4 Å². The standard InChI is InChI=1S/C14H17N3/c1-9-6-10(2)8-11(7-9)17-14(15)12-4-3-5-13(12)16-17/h6-8H,3-5,15H2,1-2H3. The molecule has 0 saturated carbocycles. The van der Waals surface area contributed by atoms with Crippen molar-refractivity contribution in [1.82, 2.24) is 9.78 Å². The molecule has 0 unspecified atom stereocenters. The van der Waals surface area contributed by atoms with Crippen LogP contribution in [0.3, 0.4) is 0 Å². The van der Waals surface area contributed by atoms with E-state index in [-0.39, 0.29) is 0 Å². The summed E-state index contributed by atoms with van der Waals surface area (Å²) in [7, 11) is 0. The van der Waals surface area contributed by atoms with Gasteiger partial charge in [0.1, 0.15) is 5.82 Å². The molecule has 0 aliphatic heterocycles. The van der Waals surface area contributed by atoms with Gasteiger partial charge in [0.25, 0.3) is 0 Å². The number of aryl methyl sites for hydroxylation is 3. The quantitative estimate of drug-likeness (QED) is 0.813. The van der Waals surface area contributed by atoms with Gasteiger partial charge in [0.15, 0.2) is 0 Å². The normalized spacial score (nSPS) is 14.0. The van der Waals surface area contributed by atoms with Gasteiger partial charge < -0.3 is 5.73 Å². The number of nitrogens with two attached hydrogens (primary N) is 1. The highest BCUT2D eigenvalue weighted by Gasteiger charge is 2.20. The van der Waals surface area contributed by atoms with Gasteiger partial charge in [-0.15, -0.1) is 0 Å². The maximum absolute atomic E-state index is 6.19. The molecular weight excluding hydrogens is 210 g/mol. The second kappa shape index (κ2) is 3.62. The molecule has 2 aromatic rings. The van der Waals surface area contributed by atoms with E-state index >= 15 is 0 Å². The Labute approximate surface area is 101 Å². The zero-order chi connectivity index (χ0) is 12.0. The van der Waals surface area contributed by atoms with Crippen LogP contribution in [0.25, 0.3) is 5.69 Å². The molecule has 0 fully saturated rings. The van der Waals surface area contributed by atoms with Crippen LogP contribution in [0.2, 0.25) is 0 Å². The van der Waals surface area contributed by atoms with Crippen molar-refractivity contribution >= 4 is 5.82 Å². The number of nitrogens with zero attached hydrogens (tertiary/aromatic N) is 2. The van der Waals surface area contributed by atoms with E-state index in [1.807, 2.05) is 4.68 Å². The summed E-state index contributed by atoms with van der Waals surface area (Å²) in [5.41, 5.74) is 12.2. The van der Waals surface area contributed by atoms with Crippen molar-refractivity contribution in [2.75, 3.05) is 5.73 Å². The van der Waals surface area contributed by atoms with Crippen LogP contribution in [0.4, 0.5) is 5.82 Å². The predicted octanol–water partition coefficient (Wildman–Crippen LogP) is 2.56. The molecule has 2 N–H and O–H groups in total. The van der Waals surface area contributed by atoms with Crippen LogP contribution >= 0.6 is 0 Å². The maximum atomic E-state index is 6.19. The molecule has 1 aromatic carbocycles.